The van der Waals surface area contributed by atoms with E-state index in [0.717, 1.165) is 17.3 Å². The number of aromatic nitrogens is 2. The summed E-state index contributed by atoms with van der Waals surface area (Å²) in [4.78, 5) is 4.29. The molecule has 0 saturated heterocycles. The van der Waals surface area contributed by atoms with Gasteiger partial charge in [0, 0.05) is 23.8 Å². The van der Waals surface area contributed by atoms with Gasteiger partial charge in [-0.05, 0) is 24.1 Å². The highest BCUT2D eigenvalue weighted by atomic mass is 32.2. The molecule has 1 heterocycles. The average molecular weight is 248 g/mol. The molecule has 0 aliphatic rings. The van der Waals surface area contributed by atoms with E-state index < -0.39 is 0 Å². The molecular weight excluding hydrogens is 232 g/mol. The van der Waals surface area contributed by atoms with Crippen LogP contribution in [-0.2, 0) is 6.42 Å². The third kappa shape index (κ3) is 2.90. The maximum absolute atomic E-state index is 8.84. The lowest BCUT2D eigenvalue weighted by atomic mass is 10.1. The van der Waals surface area contributed by atoms with E-state index in [1.807, 2.05) is 10.8 Å². The first-order valence-electron chi connectivity index (χ1n) is 5.71. The highest BCUT2D eigenvalue weighted by Crippen LogP contribution is 2.20. The van der Waals surface area contributed by atoms with Crippen molar-refractivity contribution in [2.24, 2.45) is 0 Å². The fourth-order valence-electron chi connectivity index (χ4n) is 1.62. The van der Waals surface area contributed by atoms with Crippen molar-refractivity contribution in [3.63, 3.8) is 0 Å². The Balaban J connectivity index is 2.23. The molecule has 0 bridgehead atoms. The molecular formula is C13H16N2OS. The number of nitrogens with zero attached hydrogens (tertiary/aromatic N) is 2. The zero-order valence-corrected chi connectivity index (χ0v) is 10.7. The van der Waals surface area contributed by atoms with Crippen LogP contribution in [0.15, 0.2) is 41.8 Å². The number of benzene rings is 1. The summed E-state index contributed by atoms with van der Waals surface area (Å²) in [7, 11) is 0. The summed E-state index contributed by atoms with van der Waals surface area (Å²) in [5, 5.41) is 9.76. The number of imidazole rings is 1. The van der Waals surface area contributed by atoms with E-state index in [4.69, 9.17) is 5.11 Å². The van der Waals surface area contributed by atoms with Crippen molar-refractivity contribution in [3.05, 3.63) is 42.2 Å². The van der Waals surface area contributed by atoms with Gasteiger partial charge in [-0.3, -0.25) is 4.57 Å². The van der Waals surface area contributed by atoms with E-state index in [2.05, 4.69) is 36.2 Å². The first-order chi connectivity index (χ1) is 8.35. The Morgan fingerprint density at radius 2 is 2.06 bits per heavy atom. The molecule has 17 heavy (non-hydrogen) atoms. The lowest BCUT2D eigenvalue weighted by Crippen LogP contribution is -1.97. The van der Waals surface area contributed by atoms with Gasteiger partial charge in [0.05, 0.1) is 6.61 Å². The molecule has 0 saturated carbocycles. The Morgan fingerprint density at radius 1 is 1.29 bits per heavy atom. The molecule has 0 amide bonds. The van der Waals surface area contributed by atoms with Gasteiger partial charge in [0.25, 0.3) is 0 Å². The molecule has 0 unspecified atom stereocenters. The molecule has 4 heteroatoms. The number of aryl methyl sites for hydroxylation is 1. The van der Waals surface area contributed by atoms with Crippen LogP contribution in [0.5, 0.6) is 0 Å². The van der Waals surface area contributed by atoms with Crippen molar-refractivity contribution < 1.29 is 5.11 Å². The molecule has 0 aliphatic carbocycles. The van der Waals surface area contributed by atoms with E-state index in [1.165, 1.54) is 5.56 Å². The van der Waals surface area contributed by atoms with Crippen LogP contribution in [0.4, 0.5) is 0 Å². The molecule has 1 aromatic heterocycles. The average Bonchev–Trinajstić information content (AvgIpc) is 2.84. The minimum atomic E-state index is 0.173. The monoisotopic (exact) mass is 248 g/mol. The van der Waals surface area contributed by atoms with Gasteiger partial charge in [-0.15, -0.1) is 0 Å². The van der Waals surface area contributed by atoms with Crippen LogP contribution in [-0.4, -0.2) is 27.0 Å². The number of hydrogen-bond donors (Lipinski definition) is 1. The summed E-state index contributed by atoms with van der Waals surface area (Å²) in [6.07, 6.45) is 4.78. The molecule has 1 aromatic carbocycles. The molecule has 0 spiro atoms. The lowest BCUT2D eigenvalue weighted by Gasteiger charge is -2.07. The Morgan fingerprint density at radius 3 is 2.71 bits per heavy atom. The van der Waals surface area contributed by atoms with E-state index in [9.17, 15) is 0 Å². The molecule has 90 valence electrons. The second kappa shape index (κ2) is 5.89. The highest BCUT2D eigenvalue weighted by Gasteiger charge is 2.04. The predicted octanol–water partition coefficient (Wildman–Crippen LogP) is 2.52. The third-order valence-corrected chi connectivity index (χ3v) is 3.50. The second-order valence-electron chi connectivity index (χ2n) is 3.67. The van der Waals surface area contributed by atoms with Gasteiger partial charge in [-0.2, -0.15) is 0 Å². The first-order valence-corrected chi connectivity index (χ1v) is 6.70. The van der Waals surface area contributed by atoms with Crippen molar-refractivity contribution in [2.75, 3.05) is 12.4 Å². The zero-order valence-electron chi connectivity index (χ0n) is 9.84. The summed E-state index contributed by atoms with van der Waals surface area (Å²) < 4.78 is 2.04. The fraction of sp³-hybridized carbons (Fsp3) is 0.308. The van der Waals surface area contributed by atoms with Gasteiger partial charge >= 0.3 is 0 Å². The smallest absolute Gasteiger partial charge is 0.172 e. The van der Waals surface area contributed by atoms with Crippen LogP contribution >= 0.6 is 11.8 Å². The van der Waals surface area contributed by atoms with Crippen LogP contribution in [0.2, 0.25) is 0 Å². The first kappa shape index (κ1) is 12.2. The number of rotatable bonds is 5. The topological polar surface area (TPSA) is 38.0 Å². The third-order valence-electron chi connectivity index (χ3n) is 2.55. The maximum Gasteiger partial charge on any atom is 0.172 e. The van der Waals surface area contributed by atoms with Crippen LogP contribution in [0.3, 0.4) is 0 Å². The van der Waals surface area contributed by atoms with E-state index in [1.54, 1.807) is 18.0 Å². The quantitative estimate of drug-likeness (QED) is 0.826. The van der Waals surface area contributed by atoms with Crippen LogP contribution in [0.25, 0.3) is 5.69 Å². The van der Waals surface area contributed by atoms with Crippen LogP contribution < -0.4 is 0 Å². The SMILES string of the molecule is CCc1ccc(-n2ccnc2SCCO)cc1. The van der Waals surface area contributed by atoms with Crippen molar-refractivity contribution >= 4 is 11.8 Å². The summed E-state index contributed by atoms with van der Waals surface area (Å²) in [5.41, 5.74) is 2.44. The fourth-order valence-corrected chi connectivity index (χ4v) is 2.34. The highest BCUT2D eigenvalue weighted by molar-refractivity contribution is 7.99. The van der Waals surface area contributed by atoms with E-state index >= 15 is 0 Å². The van der Waals surface area contributed by atoms with Crippen LogP contribution in [0, 0.1) is 0 Å². The Labute approximate surface area is 106 Å². The normalized spacial score (nSPS) is 10.7. The largest absolute Gasteiger partial charge is 0.396 e. The maximum atomic E-state index is 8.84. The minimum Gasteiger partial charge on any atom is -0.396 e. The van der Waals surface area contributed by atoms with Gasteiger partial charge in [0.15, 0.2) is 5.16 Å². The van der Waals surface area contributed by atoms with Gasteiger partial charge < -0.3 is 5.11 Å². The number of aliphatic hydroxyl groups excluding tert-OH is 1. The number of aliphatic hydroxyl groups is 1. The standard InChI is InChI=1S/C13H16N2OS/c1-2-11-3-5-12(6-4-11)15-8-7-14-13(15)17-10-9-16/h3-8,16H,2,9-10H2,1H3. The Kier molecular flexibility index (Phi) is 4.23. The molecule has 0 radical (unpaired) electrons. The molecule has 0 atom stereocenters. The van der Waals surface area contributed by atoms with Crippen LogP contribution in [0.1, 0.15) is 12.5 Å². The Hall–Kier alpha value is -1.26. The molecule has 0 aliphatic heterocycles. The Bertz CT molecular complexity index is 465. The summed E-state index contributed by atoms with van der Waals surface area (Å²) in [6, 6.07) is 8.47. The van der Waals surface area contributed by atoms with Crippen molar-refractivity contribution in [3.8, 4) is 5.69 Å². The summed E-state index contributed by atoms with van der Waals surface area (Å²) in [5.74, 6) is 0.671. The molecule has 2 rings (SSSR count). The predicted molar refractivity (Wildman–Crippen MR) is 70.8 cm³/mol. The zero-order chi connectivity index (χ0) is 12.1. The van der Waals surface area contributed by atoms with Gasteiger partial charge in [-0.1, -0.05) is 30.8 Å². The lowest BCUT2D eigenvalue weighted by molar-refractivity contribution is 0.322. The minimum absolute atomic E-state index is 0.173. The number of hydrogen-bond acceptors (Lipinski definition) is 3. The van der Waals surface area contributed by atoms with Gasteiger partial charge in [-0.25, -0.2) is 4.98 Å². The van der Waals surface area contributed by atoms with Gasteiger partial charge in [0.2, 0.25) is 0 Å². The molecule has 3 nitrogen and oxygen atoms in total. The summed E-state index contributed by atoms with van der Waals surface area (Å²) in [6.45, 7) is 2.32. The molecule has 1 N–H and O–H groups in total. The van der Waals surface area contributed by atoms with E-state index in [-0.39, 0.29) is 6.61 Å². The van der Waals surface area contributed by atoms with Crippen molar-refractivity contribution in [1.82, 2.24) is 9.55 Å². The molecule has 2 aromatic rings. The van der Waals surface area contributed by atoms with Crippen molar-refractivity contribution in [1.29, 1.82) is 0 Å². The van der Waals surface area contributed by atoms with Gasteiger partial charge in [0.1, 0.15) is 0 Å². The molecule has 0 fully saturated rings. The number of thioether (sulfide) groups is 1. The van der Waals surface area contributed by atoms with E-state index in [0.29, 0.717) is 5.75 Å². The van der Waals surface area contributed by atoms with Crippen molar-refractivity contribution in [2.45, 2.75) is 18.5 Å². The summed E-state index contributed by atoms with van der Waals surface area (Å²) >= 11 is 1.56. The second-order valence-corrected chi connectivity index (χ2v) is 4.73.